The van der Waals surface area contributed by atoms with Crippen LogP contribution in [0.25, 0.3) is 11.1 Å². The lowest BCUT2D eigenvalue weighted by atomic mass is 10.1. The van der Waals surface area contributed by atoms with E-state index in [-0.39, 0.29) is 22.0 Å². The van der Waals surface area contributed by atoms with Crippen LogP contribution in [0.5, 0.6) is 0 Å². The zero-order valence-electron chi connectivity index (χ0n) is 12.9. The molecule has 3 heterocycles. The molecule has 0 saturated heterocycles. The summed E-state index contributed by atoms with van der Waals surface area (Å²) in [6.07, 6.45) is 4.72. The van der Waals surface area contributed by atoms with Crippen molar-refractivity contribution in [1.82, 2.24) is 15.1 Å². The molecule has 3 rings (SSSR count). The Morgan fingerprint density at radius 3 is 2.50 bits per heavy atom. The molecule has 3 aromatic rings. The topological polar surface area (TPSA) is 118 Å². The van der Waals surface area contributed by atoms with Gasteiger partial charge in [-0.15, -0.1) is 0 Å². The molecule has 0 aliphatic carbocycles. The molecule has 0 aromatic carbocycles. The summed E-state index contributed by atoms with van der Waals surface area (Å²) in [6.45, 7) is 3.01. The monoisotopic (exact) mass is 346 g/mol. The molecule has 9 heteroatoms. The second-order valence-electron chi connectivity index (χ2n) is 5.13. The van der Waals surface area contributed by atoms with E-state index in [0.29, 0.717) is 5.56 Å². The van der Waals surface area contributed by atoms with E-state index >= 15 is 0 Å². The van der Waals surface area contributed by atoms with Crippen LogP contribution in [0, 0.1) is 13.8 Å². The third kappa shape index (κ3) is 2.93. The van der Waals surface area contributed by atoms with Gasteiger partial charge < -0.3 is 9.51 Å². The molecule has 0 amide bonds. The number of hydrogen-bond acceptors (Lipinski definition) is 6. The number of aryl methyl sites for hydroxylation is 2. The van der Waals surface area contributed by atoms with Crippen LogP contribution >= 0.6 is 0 Å². The Kier molecular flexibility index (Phi) is 3.94. The van der Waals surface area contributed by atoms with E-state index in [1.807, 2.05) is 0 Å². The van der Waals surface area contributed by atoms with Crippen molar-refractivity contribution in [2.75, 3.05) is 4.72 Å². The highest BCUT2D eigenvalue weighted by Crippen LogP contribution is 2.23. The smallest absolute Gasteiger partial charge is 0.272 e. The molecule has 0 aliphatic heterocycles. The van der Waals surface area contributed by atoms with Crippen molar-refractivity contribution in [3.8, 4) is 11.1 Å². The number of H-pyrrole nitrogens is 1. The van der Waals surface area contributed by atoms with E-state index in [1.54, 1.807) is 24.5 Å². The van der Waals surface area contributed by atoms with Gasteiger partial charge in [-0.05, 0) is 37.6 Å². The van der Waals surface area contributed by atoms with E-state index in [1.165, 1.54) is 26.1 Å². The second-order valence-corrected chi connectivity index (χ2v) is 6.75. The van der Waals surface area contributed by atoms with Crippen LogP contribution in [-0.2, 0) is 10.0 Å². The molecule has 0 spiro atoms. The molecular formula is C15H14N4O4S. The Bertz CT molecular complexity index is 1020. The third-order valence-corrected chi connectivity index (χ3v) is 5.01. The summed E-state index contributed by atoms with van der Waals surface area (Å²) in [5, 5.41) is 3.62. The van der Waals surface area contributed by atoms with Crippen LogP contribution in [0.4, 0.5) is 5.69 Å². The van der Waals surface area contributed by atoms with Gasteiger partial charge in [0.25, 0.3) is 15.6 Å². The quantitative estimate of drug-likeness (QED) is 0.744. The maximum atomic E-state index is 12.5. The number of hydrogen-bond donors (Lipinski definition) is 2. The van der Waals surface area contributed by atoms with Crippen molar-refractivity contribution < 1.29 is 12.9 Å². The van der Waals surface area contributed by atoms with Gasteiger partial charge in [-0.2, -0.15) is 0 Å². The largest absolute Gasteiger partial charge is 0.360 e. The highest BCUT2D eigenvalue weighted by Gasteiger charge is 2.25. The van der Waals surface area contributed by atoms with Gasteiger partial charge in [0.15, 0.2) is 10.7 Å². The minimum Gasteiger partial charge on any atom is -0.360 e. The van der Waals surface area contributed by atoms with E-state index in [4.69, 9.17) is 4.52 Å². The molecule has 2 N–H and O–H groups in total. The molecule has 0 fully saturated rings. The first-order chi connectivity index (χ1) is 11.4. The van der Waals surface area contributed by atoms with E-state index in [9.17, 15) is 13.2 Å². The average molecular weight is 346 g/mol. The lowest BCUT2D eigenvalue weighted by molar-refractivity contribution is 0.390. The first-order valence-corrected chi connectivity index (χ1v) is 8.45. The summed E-state index contributed by atoms with van der Waals surface area (Å²) < 4.78 is 32.2. The first kappa shape index (κ1) is 15.9. The molecule has 0 atom stereocenters. The minimum atomic E-state index is -3.99. The number of pyridine rings is 2. The van der Waals surface area contributed by atoms with Crippen LogP contribution in [0.2, 0.25) is 0 Å². The van der Waals surface area contributed by atoms with Gasteiger partial charge in [0.05, 0.1) is 0 Å². The molecule has 8 nitrogen and oxygen atoms in total. The first-order valence-electron chi connectivity index (χ1n) is 6.97. The fourth-order valence-electron chi connectivity index (χ4n) is 2.32. The van der Waals surface area contributed by atoms with E-state index < -0.39 is 15.6 Å². The summed E-state index contributed by atoms with van der Waals surface area (Å²) in [5.74, 6) is 0.154. The predicted molar refractivity (Wildman–Crippen MR) is 87.1 cm³/mol. The molecule has 0 unspecified atom stereocenters. The normalized spacial score (nSPS) is 11.4. The summed E-state index contributed by atoms with van der Waals surface area (Å²) in [7, 11) is -3.99. The Hall–Kier alpha value is -2.94. The van der Waals surface area contributed by atoms with E-state index in [2.05, 4.69) is 19.8 Å². The molecule has 0 bridgehead atoms. The summed E-state index contributed by atoms with van der Waals surface area (Å²) >= 11 is 0. The molecule has 0 radical (unpaired) electrons. The summed E-state index contributed by atoms with van der Waals surface area (Å²) in [5.41, 5.74) is 1.02. The number of anilines is 1. The van der Waals surface area contributed by atoms with Crippen molar-refractivity contribution in [1.29, 1.82) is 0 Å². The summed E-state index contributed by atoms with van der Waals surface area (Å²) in [4.78, 5) is 18.4. The second kappa shape index (κ2) is 5.93. The Morgan fingerprint density at radius 2 is 1.88 bits per heavy atom. The molecule has 0 aliphatic rings. The zero-order valence-corrected chi connectivity index (χ0v) is 13.7. The lowest BCUT2D eigenvalue weighted by Crippen LogP contribution is -2.21. The fraction of sp³-hybridized carbons (Fsp3) is 0.133. The average Bonchev–Trinajstić information content (AvgIpc) is 2.90. The SMILES string of the molecule is Cc1noc(C)c1S(=O)(=O)Nc1cc(-c2ccncc2)c[nH]c1=O. The Labute approximate surface area is 137 Å². The van der Waals surface area contributed by atoms with Gasteiger partial charge in [0.1, 0.15) is 11.4 Å². The van der Waals surface area contributed by atoms with Gasteiger partial charge in [-0.1, -0.05) is 5.16 Å². The van der Waals surface area contributed by atoms with Crippen molar-refractivity contribution in [2.24, 2.45) is 0 Å². The fourth-order valence-corrected chi connectivity index (χ4v) is 3.71. The number of rotatable bonds is 4. The van der Waals surface area contributed by atoms with Crippen LogP contribution in [0.15, 0.2) is 51.0 Å². The highest BCUT2D eigenvalue weighted by molar-refractivity contribution is 7.92. The number of nitrogens with zero attached hydrogens (tertiary/aromatic N) is 2. The number of aromatic nitrogens is 3. The maximum Gasteiger partial charge on any atom is 0.272 e. The lowest BCUT2D eigenvalue weighted by Gasteiger charge is -2.08. The van der Waals surface area contributed by atoms with Gasteiger partial charge in [-0.3, -0.25) is 14.5 Å². The Morgan fingerprint density at radius 1 is 1.17 bits per heavy atom. The standard InChI is InChI=1S/C15H14N4O4S/c1-9-14(10(2)23-18-9)24(21,22)19-13-7-12(8-17-15(13)20)11-3-5-16-6-4-11/h3-8,19H,1-2H3,(H,17,20). The van der Waals surface area contributed by atoms with Crippen molar-refractivity contribution in [3.05, 3.63) is 58.6 Å². The van der Waals surface area contributed by atoms with Crippen molar-refractivity contribution in [2.45, 2.75) is 18.7 Å². The van der Waals surface area contributed by atoms with Gasteiger partial charge in [-0.25, -0.2) is 8.42 Å². The molecule has 0 saturated carbocycles. The van der Waals surface area contributed by atoms with E-state index in [0.717, 1.165) is 5.56 Å². The zero-order chi connectivity index (χ0) is 17.3. The van der Waals surface area contributed by atoms with Gasteiger partial charge >= 0.3 is 0 Å². The van der Waals surface area contributed by atoms with Crippen LogP contribution < -0.4 is 10.3 Å². The van der Waals surface area contributed by atoms with Gasteiger partial charge in [0, 0.05) is 24.2 Å². The van der Waals surface area contributed by atoms with Crippen molar-refractivity contribution >= 4 is 15.7 Å². The van der Waals surface area contributed by atoms with Crippen LogP contribution in [-0.4, -0.2) is 23.5 Å². The van der Waals surface area contributed by atoms with Crippen molar-refractivity contribution in [3.63, 3.8) is 0 Å². The summed E-state index contributed by atoms with van der Waals surface area (Å²) in [6, 6.07) is 4.96. The molecule has 3 aromatic heterocycles. The molecule has 24 heavy (non-hydrogen) atoms. The molecular weight excluding hydrogens is 332 g/mol. The highest BCUT2D eigenvalue weighted by atomic mass is 32.2. The maximum absolute atomic E-state index is 12.5. The number of aromatic amines is 1. The third-order valence-electron chi connectivity index (χ3n) is 3.40. The van der Waals surface area contributed by atoms with Gasteiger partial charge in [0.2, 0.25) is 0 Å². The number of nitrogens with one attached hydrogen (secondary N) is 2. The number of sulfonamides is 1. The van der Waals surface area contributed by atoms with Crippen LogP contribution in [0.3, 0.4) is 0 Å². The Balaban J connectivity index is 2.03. The van der Waals surface area contributed by atoms with Crippen LogP contribution in [0.1, 0.15) is 11.5 Å². The molecule has 124 valence electrons. The predicted octanol–water partition coefficient (Wildman–Crippen LogP) is 1.84. The minimum absolute atomic E-state index is 0.0729.